The quantitative estimate of drug-likeness (QED) is 0.859. The number of hydrogen-bond acceptors (Lipinski definition) is 3. The molecule has 142 valence electrons. The maximum atomic E-state index is 14.1. The zero-order valence-electron chi connectivity index (χ0n) is 15.0. The van der Waals surface area contributed by atoms with Crippen molar-refractivity contribution in [1.29, 1.82) is 0 Å². The molecule has 1 atom stereocenters. The third-order valence-corrected chi connectivity index (χ3v) is 5.60. The average molecular weight is 365 g/mol. The molecule has 5 nitrogen and oxygen atoms in total. The summed E-state index contributed by atoms with van der Waals surface area (Å²) >= 11 is 0. The largest absolute Gasteiger partial charge is 0.349 e. The highest BCUT2D eigenvalue weighted by molar-refractivity contribution is 5.79. The van der Waals surface area contributed by atoms with E-state index in [0.717, 1.165) is 44.5 Å². The Kier molecular flexibility index (Phi) is 5.55. The van der Waals surface area contributed by atoms with E-state index in [1.807, 2.05) is 0 Å². The molecule has 0 radical (unpaired) electrons. The van der Waals surface area contributed by atoms with Gasteiger partial charge in [0.05, 0.1) is 12.5 Å². The van der Waals surface area contributed by atoms with Crippen molar-refractivity contribution < 1.29 is 18.4 Å². The van der Waals surface area contributed by atoms with E-state index in [9.17, 15) is 18.4 Å². The van der Waals surface area contributed by atoms with Crippen LogP contribution in [0.5, 0.6) is 0 Å². The number of rotatable bonds is 4. The zero-order valence-corrected chi connectivity index (χ0v) is 15.0. The number of nitrogens with zero attached hydrogens (tertiary/aromatic N) is 1. The summed E-state index contributed by atoms with van der Waals surface area (Å²) < 4.78 is 27.3. The van der Waals surface area contributed by atoms with Crippen LogP contribution in [0.3, 0.4) is 0 Å². The van der Waals surface area contributed by atoms with Crippen molar-refractivity contribution >= 4 is 11.8 Å². The second-order valence-corrected chi connectivity index (χ2v) is 7.43. The monoisotopic (exact) mass is 365 g/mol. The number of amides is 2. The molecule has 0 bridgehead atoms. The number of carbonyl (C=O) groups is 2. The Hall–Kier alpha value is -2.02. The van der Waals surface area contributed by atoms with Gasteiger partial charge in [-0.2, -0.15) is 0 Å². The number of carbonyl (C=O) groups excluding carboxylic acids is 2. The second-order valence-electron chi connectivity index (χ2n) is 7.43. The van der Waals surface area contributed by atoms with E-state index in [2.05, 4.69) is 10.6 Å². The molecule has 1 unspecified atom stereocenters. The van der Waals surface area contributed by atoms with E-state index >= 15 is 0 Å². The Bertz CT molecular complexity index is 679. The molecule has 2 saturated heterocycles. The first-order chi connectivity index (χ1) is 12.4. The fourth-order valence-corrected chi connectivity index (χ4v) is 4.02. The first kappa shape index (κ1) is 18.8. The van der Waals surface area contributed by atoms with E-state index in [4.69, 9.17) is 0 Å². The summed E-state index contributed by atoms with van der Waals surface area (Å²) in [5.74, 6) is -1.92. The smallest absolute Gasteiger partial charge is 0.224 e. The fourth-order valence-electron chi connectivity index (χ4n) is 4.02. The predicted molar refractivity (Wildman–Crippen MR) is 93.3 cm³/mol. The maximum Gasteiger partial charge on any atom is 0.224 e. The van der Waals surface area contributed by atoms with Crippen LogP contribution in [0.1, 0.15) is 44.2 Å². The summed E-state index contributed by atoms with van der Waals surface area (Å²) in [5, 5.41) is 6.01. The van der Waals surface area contributed by atoms with E-state index in [1.54, 1.807) is 4.90 Å². The van der Waals surface area contributed by atoms with Crippen molar-refractivity contribution in [2.45, 2.75) is 38.6 Å². The Labute approximate surface area is 152 Å². The van der Waals surface area contributed by atoms with Gasteiger partial charge in [0.1, 0.15) is 11.6 Å². The highest BCUT2D eigenvalue weighted by atomic mass is 19.1. The fraction of sp³-hybridized carbons (Fsp3) is 0.579. The van der Waals surface area contributed by atoms with Gasteiger partial charge in [-0.3, -0.25) is 9.59 Å². The number of nitrogens with one attached hydrogen (secondary N) is 2. The van der Waals surface area contributed by atoms with Crippen molar-refractivity contribution in [3.8, 4) is 0 Å². The third-order valence-electron chi connectivity index (χ3n) is 5.60. The normalized spacial score (nSPS) is 20.2. The lowest BCUT2D eigenvalue weighted by atomic mass is 9.78. The summed E-state index contributed by atoms with van der Waals surface area (Å²) in [4.78, 5) is 26.0. The van der Waals surface area contributed by atoms with Crippen LogP contribution in [0.25, 0.3) is 0 Å². The summed E-state index contributed by atoms with van der Waals surface area (Å²) in [6.07, 6.45) is 3.03. The minimum atomic E-state index is -0.801. The van der Waals surface area contributed by atoms with Gasteiger partial charge in [-0.05, 0) is 37.3 Å². The number of halogens is 2. The lowest BCUT2D eigenvalue weighted by Gasteiger charge is -2.39. The maximum absolute atomic E-state index is 14.1. The first-order valence-electron chi connectivity index (χ1n) is 9.09. The molecule has 1 spiro atoms. The molecule has 2 aliphatic heterocycles. The lowest BCUT2D eigenvalue weighted by Crippen LogP contribution is -2.45. The van der Waals surface area contributed by atoms with Crippen LogP contribution in [0.4, 0.5) is 8.78 Å². The van der Waals surface area contributed by atoms with Gasteiger partial charge in [0, 0.05) is 38.2 Å². The van der Waals surface area contributed by atoms with Crippen molar-refractivity contribution in [3.63, 3.8) is 0 Å². The number of hydrogen-bond donors (Lipinski definition) is 2. The van der Waals surface area contributed by atoms with Crippen molar-refractivity contribution in [3.05, 3.63) is 35.4 Å². The third kappa shape index (κ3) is 4.20. The molecule has 2 heterocycles. The highest BCUT2D eigenvalue weighted by Crippen LogP contribution is 2.37. The number of piperidine rings is 1. The highest BCUT2D eigenvalue weighted by Gasteiger charge is 2.38. The Morgan fingerprint density at radius 3 is 2.58 bits per heavy atom. The lowest BCUT2D eigenvalue weighted by molar-refractivity contribution is -0.134. The minimum absolute atomic E-state index is 0.0343. The van der Waals surface area contributed by atoms with Crippen LogP contribution in [0, 0.1) is 17.0 Å². The first-order valence-corrected chi connectivity index (χ1v) is 9.09. The molecule has 2 N–H and O–H groups in total. The molecule has 0 aliphatic carbocycles. The van der Waals surface area contributed by atoms with Crippen LogP contribution >= 0.6 is 0 Å². The molecular weight excluding hydrogens is 340 g/mol. The van der Waals surface area contributed by atoms with Gasteiger partial charge < -0.3 is 15.5 Å². The van der Waals surface area contributed by atoms with Crippen LogP contribution < -0.4 is 10.6 Å². The van der Waals surface area contributed by atoms with Crippen molar-refractivity contribution in [1.82, 2.24) is 15.5 Å². The van der Waals surface area contributed by atoms with Crippen LogP contribution in [-0.4, -0.2) is 42.9 Å². The molecule has 0 saturated carbocycles. The van der Waals surface area contributed by atoms with E-state index in [-0.39, 0.29) is 23.8 Å². The van der Waals surface area contributed by atoms with Gasteiger partial charge in [0.15, 0.2) is 0 Å². The second kappa shape index (κ2) is 7.70. The average Bonchev–Trinajstić information content (AvgIpc) is 3.02. The van der Waals surface area contributed by atoms with E-state index in [1.165, 1.54) is 13.0 Å². The van der Waals surface area contributed by atoms with Crippen molar-refractivity contribution in [2.24, 2.45) is 5.41 Å². The molecule has 2 amide bonds. The zero-order chi connectivity index (χ0) is 18.7. The summed E-state index contributed by atoms with van der Waals surface area (Å²) in [6.45, 7) is 4.71. The Morgan fingerprint density at radius 1 is 1.27 bits per heavy atom. The van der Waals surface area contributed by atoms with Crippen LogP contribution in [0.2, 0.25) is 0 Å². The topological polar surface area (TPSA) is 61.4 Å². The van der Waals surface area contributed by atoms with Crippen LogP contribution in [0.15, 0.2) is 18.2 Å². The SMILES string of the molecule is CC(=O)NC(CC(=O)N1CCC2(CCNC2)CC1)c1ccc(F)cc1F. The number of benzene rings is 1. The molecular formula is C19H25F2N3O2. The molecule has 2 fully saturated rings. The van der Waals surface area contributed by atoms with Gasteiger partial charge in [-0.25, -0.2) is 8.78 Å². The predicted octanol–water partition coefficient (Wildman–Crippen LogP) is 2.13. The molecule has 1 aromatic carbocycles. The molecule has 26 heavy (non-hydrogen) atoms. The van der Waals surface area contributed by atoms with Gasteiger partial charge in [0.2, 0.25) is 11.8 Å². The Balaban J connectivity index is 1.66. The molecule has 0 aromatic heterocycles. The van der Waals surface area contributed by atoms with Crippen molar-refractivity contribution in [2.75, 3.05) is 26.2 Å². The van der Waals surface area contributed by atoms with E-state index < -0.39 is 17.7 Å². The van der Waals surface area contributed by atoms with E-state index in [0.29, 0.717) is 18.5 Å². The number of likely N-dealkylation sites (tertiary alicyclic amines) is 1. The molecule has 1 aromatic rings. The van der Waals surface area contributed by atoms with Gasteiger partial charge >= 0.3 is 0 Å². The van der Waals surface area contributed by atoms with Gasteiger partial charge in [0.25, 0.3) is 0 Å². The molecule has 7 heteroatoms. The molecule has 2 aliphatic rings. The summed E-state index contributed by atoms with van der Waals surface area (Å²) in [7, 11) is 0. The van der Waals surface area contributed by atoms with Gasteiger partial charge in [-0.15, -0.1) is 0 Å². The minimum Gasteiger partial charge on any atom is -0.349 e. The summed E-state index contributed by atoms with van der Waals surface area (Å²) in [6, 6.07) is 2.39. The van der Waals surface area contributed by atoms with Gasteiger partial charge in [-0.1, -0.05) is 6.07 Å². The standard InChI is InChI=1S/C19H25F2N3O2/c1-13(25)23-17(15-3-2-14(20)10-16(15)21)11-18(26)24-8-5-19(6-9-24)4-7-22-12-19/h2-3,10,17,22H,4-9,11-12H2,1H3,(H,23,25). The molecule has 3 rings (SSSR count). The Morgan fingerprint density at radius 2 is 2.00 bits per heavy atom. The van der Waals surface area contributed by atoms with Crippen LogP contribution in [-0.2, 0) is 9.59 Å². The summed E-state index contributed by atoms with van der Waals surface area (Å²) in [5.41, 5.74) is 0.431.